The number of hydrogen-bond acceptors (Lipinski definition) is 5. The van der Waals surface area contributed by atoms with Crippen LogP contribution in [0.1, 0.15) is 55.6 Å². The van der Waals surface area contributed by atoms with Crippen molar-refractivity contribution in [3.05, 3.63) is 65.1 Å². The minimum atomic E-state index is -1.55. The summed E-state index contributed by atoms with van der Waals surface area (Å²) in [5, 5.41) is 3.49. The molecule has 204 valence electrons. The lowest BCUT2D eigenvalue weighted by Crippen LogP contribution is -2.54. The molecule has 1 aliphatic heterocycles. The van der Waals surface area contributed by atoms with Crippen LogP contribution in [-0.4, -0.2) is 54.0 Å². The highest BCUT2D eigenvalue weighted by molar-refractivity contribution is 5.91. The van der Waals surface area contributed by atoms with E-state index in [1.54, 1.807) is 12.0 Å². The first kappa shape index (κ1) is 27.6. The number of carbonyl (C=O) groups excluding carboxylic acids is 2. The summed E-state index contributed by atoms with van der Waals surface area (Å²) in [5.41, 5.74) is 7.02. The monoisotopic (exact) mass is 530 g/mol. The number of rotatable bonds is 8. The lowest BCUT2D eigenvalue weighted by molar-refractivity contribution is -0.128. The quantitative estimate of drug-likeness (QED) is 0.398. The van der Waals surface area contributed by atoms with Gasteiger partial charge in [0.15, 0.2) is 17.5 Å². The summed E-state index contributed by atoms with van der Waals surface area (Å²) in [6.45, 7) is 0.866. The summed E-state index contributed by atoms with van der Waals surface area (Å²) < 4.78 is 45.1. The van der Waals surface area contributed by atoms with Crippen LogP contribution in [0.25, 0.3) is 6.08 Å². The van der Waals surface area contributed by atoms with Gasteiger partial charge in [0.2, 0.25) is 17.7 Å². The van der Waals surface area contributed by atoms with Crippen LogP contribution in [0.5, 0.6) is 5.88 Å². The molecule has 3 N–H and O–H groups in total. The molecular weight excluding hydrogens is 497 g/mol. The first-order chi connectivity index (χ1) is 18.2. The summed E-state index contributed by atoms with van der Waals surface area (Å²) >= 11 is 0. The molecule has 1 saturated heterocycles. The molecular formula is C28H33F3N4O3. The number of primary amides is 1. The van der Waals surface area contributed by atoms with Gasteiger partial charge >= 0.3 is 0 Å². The van der Waals surface area contributed by atoms with Crippen molar-refractivity contribution in [1.29, 1.82) is 0 Å². The average Bonchev–Trinajstić information content (AvgIpc) is 2.93. The van der Waals surface area contributed by atoms with Gasteiger partial charge in [0.25, 0.3) is 0 Å². The van der Waals surface area contributed by atoms with Crippen molar-refractivity contribution in [2.75, 3.05) is 20.2 Å². The molecule has 7 nitrogen and oxygen atoms in total. The molecule has 0 spiro atoms. The lowest BCUT2D eigenvalue weighted by atomic mass is 9.81. The number of amides is 2. The Labute approximate surface area is 220 Å². The molecule has 1 atom stereocenters. The fourth-order valence-electron chi connectivity index (χ4n) is 5.45. The number of hydrogen-bond donors (Lipinski definition) is 2. The van der Waals surface area contributed by atoms with Gasteiger partial charge in [-0.15, -0.1) is 0 Å². The Balaban J connectivity index is 1.27. The second kappa shape index (κ2) is 12.4. The van der Waals surface area contributed by atoms with Gasteiger partial charge in [-0.05, 0) is 79.7 Å². The summed E-state index contributed by atoms with van der Waals surface area (Å²) in [5.74, 6) is -3.86. The third kappa shape index (κ3) is 6.72. The zero-order valence-electron chi connectivity index (χ0n) is 21.3. The first-order valence-corrected chi connectivity index (χ1v) is 12.9. The zero-order chi connectivity index (χ0) is 27.2. The molecule has 2 fully saturated rings. The number of pyridine rings is 1. The molecule has 2 aliphatic rings. The highest BCUT2D eigenvalue weighted by Gasteiger charge is 2.34. The Morgan fingerprint density at radius 3 is 2.29 bits per heavy atom. The van der Waals surface area contributed by atoms with Gasteiger partial charge in [-0.2, -0.15) is 0 Å². The Morgan fingerprint density at radius 1 is 1.08 bits per heavy atom. The number of benzene rings is 1. The average molecular weight is 531 g/mol. The van der Waals surface area contributed by atoms with Gasteiger partial charge in [-0.25, -0.2) is 18.2 Å². The fraction of sp³-hybridized carbons (Fsp3) is 0.464. The van der Waals surface area contributed by atoms with E-state index in [0.717, 1.165) is 37.8 Å². The molecule has 2 amide bonds. The molecule has 1 aromatic heterocycles. The van der Waals surface area contributed by atoms with E-state index in [-0.39, 0.29) is 23.4 Å². The molecule has 4 rings (SSSR count). The van der Waals surface area contributed by atoms with Crippen molar-refractivity contribution in [2.24, 2.45) is 11.7 Å². The standard InChI is InChI=1S/C28H33F3N4O3/c1-38-24-8-5-20(16-33-24)18-3-6-21(7-4-18)34-27(28(32)37)19-10-12-35(13-11-19)25(36)9-2-17-14-22(29)26(31)23(30)15-17/h2,5,8-9,14-16,18-19,21,27,34H,3-4,6-7,10-13H2,1H3,(H2,32,37)/b9-2+. The lowest BCUT2D eigenvalue weighted by Gasteiger charge is -2.38. The highest BCUT2D eigenvalue weighted by atomic mass is 19.2. The number of ether oxygens (including phenoxy) is 1. The summed E-state index contributed by atoms with van der Waals surface area (Å²) in [4.78, 5) is 30.8. The van der Waals surface area contributed by atoms with Gasteiger partial charge < -0.3 is 20.7 Å². The van der Waals surface area contributed by atoms with Crippen molar-refractivity contribution in [3.63, 3.8) is 0 Å². The number of carbonyl (C=O) groups is 2. The second-order valence-corrected chi connectivity index (χ2v) is 10.0. The third-order valence-corrected chi connectivity index (χ3v) is 7.64. The smallest absolute Gasteiger partial charge is 0.246 e. The fourth-order valence-corrected chi connectivity index (χ4v) is 5.45. The number of likely N-dealkylation sites (tertiary alicyclic amines) is 1. The minimum absolute atomic E-state index is 0.00401. The Kier molecular flexibility index (Phi) is 9.04. The molecule has 1 aromatic carbocycles. The van der Waals surface area contributed by atoms with Gasteiger partial charge in [-0.3, -0.25) is 9.59 Å². The molecule has 1 aliphatic carbocycles. The predicted octanol–water partition coefficient (Wildman–Crippen LogP) is 3.93. The Bertz CT molecular complexity index is 1140. The van der Waals surface area contributed by atoms with E-state index in [1.165, 1.54) is 17.7 Å². The number of nitrogens with zero attached hydrogens (tertiary/aromatic N) is 2. The SMILES string of the molecule is COc1ccc(C2CCC(NC(C(N)=O)C3CCN(C(=O)/C=C/c4cc(F)c(F)c(F)c4)CC3)CC2)cn1. The number of nitrogens with one attached hydrogen (secondary N) is 1. The molecule has 2 aromatic rings. The van der Waals surface area contributed by atoms with Crippen LogP contribution in [0, 0.1) is 23.4 Å². The van der Waals surface area contributed by atoms with Crippen LogP contribution < -0.4 is 15.8 Å². The van der Waals surface area contributed by atoms with Crippen LogP contribution in [0.4, 0.5) is 13.2 Å². The van der Waals surface area contributed by atoms with Gasteiger partial charge in [0, 0.05) is 37.5 Å². The molecule has 1 unspecified atom stereocenters. The van der Waals surface area contributed by atoms with Crippen molar-refractivity contribution < 1.29 is 27.5 Å². The van der Waals surface area contributed by atoms with Crippen molar-refractivity contribution in [2.45, 2.75) is 56.5 Å². The van der Waals surface area contributed by atoms with Crippen LogP contribution >= 0.6 is 0 Å². The third-order valence-electron chi connectivity index (χ3n) is 7.64. The number of nitrogens with two attached hydrogens (primary N) is 1. The van der Waals surface area contributed by atoms with E-state index >= 15 is 0 Å². The molecule has 0 bridgehead atoms. The number of aromatic nitrogens is 1. The molecule has 0 radical (unpaired) electrons. The van der Waals surface area contributed by atoms with Crippen molar-refractivity contribution in [3.8, 4) is 5.88 Å². The van der Waals surface area contributed by atoms with Crippen LogP contribution in [0.15, 0.2) is 36.5 Å². The summed E-state index contributed by atoms with van der Waals surface area (Å²) in [6, 6.07) is 5.30. The van der Waals surface area contributed by atoms with Crippen LogP contribution in [0.3, 0.4) is 0 Å². The number of methoxy groups -OCH3 is 1. The maximum atomic E-state index is 13.4. The van der Waals surface area contributed by atoms with E-state index < -0.39 is 29.4 Å². The van der Waals surface area contributed by atoms with E-state index in [9.17, 15) is 22.8 Å². The number of halogens is 3. The summed E-state index contributed by atoms with van der Waals surface area (Å²) in [7, 11) is 1.59. The van der Waals surface area contributed by atoms with E-state index in [1.807, 2.05) is 12.3 Å². The van der Waals surface area contributed by atoms with Gasteiger partial charge in [0.1, 0.15) is 0 Å². The zero-order valence-corrected chi connectivity index (χ0v) is 21.3. The van der Waals surface area contributed by atoms with Crippen LogP contribution in [0.2, 0.25) is 0 Å². The predicted molar refractivity (Wildman–Crippen MR) is 137 cm³/mol. The van der Waals surface area contributed by atoms with E-state index in [4.69, 9.17) is 10.5 Å². The Hall–Kier alpha value is -3.40. The highest BCUT2D eigenvalue weighted by Crippen LogP contribution is 2.34. The molecule has 1 saturated carbocycles. The maximum Gasteiger partial charge on any atom is 0.246 e. The minimum Gasteiger partial charge on any atom is -0.481 e. The van der Waals surface area contributed by atoms with Crippen molar-refractivity contribution >= 4 is 17.9 Å². The normalized spacial score (nSPS) is 21.4. The topological polar surface area (TPSA) is 97.5 Å². The second-order valence-electron chi connectivity index (χ2n) is 10.0. The van der Waals surface area contributed by atoms with Gasteiger partial charge in [-0.1, -0.05) is 6.07 Å². The maximum absolute atomic E-state index is 13.4. The molecule has 38 heavy (non-hydrogen) atoms. The molecule has 2 heterocycles. The van der Waals surface area contributed by atoms with Gasteiger partial charge in [0.05, 0.1) is 13.2 Å². The van der Waals surface area contributed by atoms with Crippen molar-refractivity contribution in [1.82, 2.24) is 15.2 Å². The summed E-state index contributed by atoms with van der Waals surface area (Å²) in [6.07, 6.45) is 9.36. The number of piperidine rings is 1. The first-order valence-electron chi connectivity index (χ1n) is 12.9. The van der Waals surface area contributed by atoms with E-state index in [2.05, 4.69) is 16.4 Å². The largest absolute Gasteiger partial charge is 0.481 e. The molecule has 10 heteroatoms. The van der Waals surface area contributed by atoms with Crippen LogP contribution in [-0.2, 0) is 9.59 Å². The van der Waals surface area contributed by atoms with E-state index in [0.29, 0.717) is 37.7 Å². The Morgan fingerprint density at radius 2 is 1.74 bits per heavy atom.